The van der Waals surface area contributed by atoms with E-state index in [2.05, 4.69) is 37.0 Å². The number of carbonyl (C=O) groups is 1. The maximum Gasteiger partial charge on any atom is 0.249 e. The fraction of sp³-hybridized carbons (Fsp3) is 0.364. The number of amides is 1. The highest BCUT2D eigenvalue weighted by molar-refractivity contribution is 7.91. The second-order valence-corrected chi connectivity index (χ2v) is 10.4. The van der Waals surface area contributed by atoms with E-state index < -0.39 is 15.7 Å². The Kier molecular flexibility index (Phi) is 6.77. The standard InChI is InChI=1S/C22H26N2O4S2/c1-5-24-19-11-6-16(15(2)3)14-20(19)29-22(24)23-21(25)12-13-30(26,27)18-9-7-17(28-4)8-10-18/h6-11,14-15H,5,12-13H2,1-4H3. The average molecular weight is 447 g/mol. The first-order valence-corrected chi connectivity index (χ1v) is 12.3. The van der Waals surface area contributed by atoms with Gasteiger partial charge in [0.2, 0.25) is 5.91 Å². The highest BCUT2D eigenvalue weighted by atomic mass is 32.2. The number of benzene rings is 2. The van der Waals surface area contributed by atoms with Gasteiger partial charge < -0.3 is 9.30 Å². The van der Waals surface area contributed by atoms with Gasteiger partial charge in [-0.15, -0.1) is 0 Å². The number of hydrogen-bond donors (Lipinski definition) is 0. The fourth-order valence-electron chi connectivity index (χ4n) is 3.13. The van der Waals surface area contributed by atoms with Gasteiger partial charge in [-0.2, -0.15) is 4.99 Å². The molecular formula is C22H26N2O4S2. The molecule has 1 amide bonds. The first-order valence-electron chi connectivity index (χ1n) is 9.82. The Morgan fingerprint density at radius 3 is 2.47 bits per heavy atom. The monoisotopic (exact) mass is 446 g/mol. The van der Waals surface area contributed by atoms with Gasteiger partial charge in [-0.1, -0.05) is 31.3 Å². The van der Waals surface area contributed by atoms with Gasteiger partial charge in [0.05, 0.1) is 28.0 Å². The van der Waals surface area contributed by atoms with Crippen LogP contribution in [-0.4, -0.2) is 31.8 Å². The van der Waals surface area contributed by atoms with Crippen molar-refractivity contribution in [3.05, 3.63) is 52.8 Å². The van der Waals surface area contributed by atoms with Crippen molar-refractivity contribution in [2.24, 2.45) is 4.99 Å². The van der Waals surface area contributed by atoms with Crippen molar-refractivity contribution in [1.82, 2.24) is 4.57 Å². The Balaban J connectivity index is 1.82. The van der Waals surface area contributed by atoms with Crippen LogP contribution in [0, 0.1) is 0 Å². The molecule has 0 aliphatic heterocycles. The molecular weight excluding hydrogens is 420 g/mol. The van der Waals surface area contributed by atoms with Gasteiger partial charge in [-0.05, 0) is 54.8 Å². The smallest absolute Gasteiger partial charge is 0.249 e. The van der Waals surface area contributed by atoms with Crippen LogP contribution in [0.5, 0.6) is 5.75 Å². The average Bonchev–Trinajstić information content (AvgIpc) is 3.08. The molecule has 0 radical (unpaired) electrons. The molecule has 3 aromatic rings. The van der Waals surface area contributed by atoms with E-state index in [4.69, 9.17) is 4.74 Å². The van der Waals surface area contributed by atoms with Crippen LogP contribution in [0.3, 0.4) is 0 Å². The number of nitrogens with zero attached hydrogens (tertiary/aromatic N) is 2. The first kappa shape index (κ1) is 22.2. The van der Waals surface area contributed by atoms with Crippen molar-refractivity contribution in [2.45, 2.75) is 44.6 Å². The number of rotatable bonds is 7. The van der Waals surface area contributed by atoms with E-state index in [0.717, 1.165) is 10.2 Å². The normalized spacial score (nSPS) is 12.6. The lowest BCUT2D eigenvalue weighted by Crippen LogP contribution is -2.17. The maximum absolute atomic E-state index is 12.5. The zero-order chi connectivity index (χ0) is 21.9. The third kappa shape index (κ3) is 4.82. The summed E-state index contributed by atoms with van der Waals surface area (Å²) in [7, 11) is -2.05. The van der Waals surface area contributed by atoms with E-state index >= 15 is 0 Å². The van der Waals surface area contributed by atoms with Gasteiger partial charge in [0.25, 0.3) is 0 Å². The third-order valence-corrected chi connectivity index (χ3v) is 7.69. The number of aryl methyl sites for hydroxylation is 1. The van der Waals surface area contributed by atoms with Gasteiger partial charge in [0, 0.05) is 13.0 Å². The molecule has 1 aromatic heterocycles. The van der Waals surface area contributed by atoms with Crippen LogP contribution in [-0.2, 0) is 21.2 Å². The van der Waals surface area contributed by atoms with Crippen LogP contribution in [0.4, 0.5) is 0 Å². The molecule has 6 nitrogen and oxygen atoms in total. The van der Waals surface area contributed by atoms with Gasteiger partial charge >= 0.3 is 0 Å². The van der Waals surface area contributed by atoms with E-state index in [1.807, 2.05) is 11.5 Å². The van der Waals surface area contributed by atoms with Crippen LogP contribution >= 0.6 is 11.3 Å². The minimum Gasteiger partial charge on any atom is -0.497 e. The number of methoxy groups -OCH3 is 1. The molecule has 8 heteroatoms. The summed E-state index contributed by atoms with van der Waals surface area (Å²) in [6, 6.07) is 12.4. The van der Waals surface area contributed by atoms with Gasteiger partial charge in [0.1, 0.15) is 5.75 Å². The van der Waals surface area contributed by atoms with Crippen molar-refractivity contribution in [3.63, 3.8) is 0 Å². The summed E-state index contributed by atoms with van der Waals surface area (Å²) in [6.45, 7) is 6.96. The Hall–Kier alpha value is -2.45. The summed E-state index contributed by atoms with van der Waals surface area (Å²) in [4.78, 5) is 17.4. The lowest BCUT2D eigenvalue weighted by molar-refractivity contribution is -0.117. The van der Waals surface area contributed by atoms with Crippen molar-refractivity contribution in [3.8, 4) is 5.75 Å². The molecule has 0 fully saturated rings. The van der Waals surface area contributed by atoms with Gasteiger partial charge in [-0.25, -0.2) is 8.42 Å². The first-order chi connectivity index (χ1) is 14.2. The van der Waals surface area contributed by atoms with E-state index in [1.165, 1.54) is 36.1 Å². The Morgan fingerprint density at radius 1 is 1.17 bits per heavy atom. The number of fused-ring (bicyclic) bond motifs is 1. The molecule has 2 aromatic carbocycles. The summed E-state index contributed by atoms with van der Waals surface area (Å²) in [5.74, 6) is 0.270. The van der Waals surface area contributed by atoms with Crippen LogP contribution < -0.4 is 9.54 Å². The minimum absolute atomic E-state index is 0.163. The second-order valence-electron chi connectivity index (χ2n) is 7.26. The van der Waals surface area contributed by atoms with Crippen LogP contribution in [0.1, 0.15) is 38.7 Å². The predicted octanol–water partition coefficient (Wildman–Crippen LogP) is 4.15. The SMILES string of the molecule is CCn1c(=NC(=O)CCS(=O)(=O)c2ccc(OC)cc2)sc2cc(C(C)C)ccc21. The molecule has 0 aliphatic carbocycles. The van der Waals surface area contributed by atoms with E-state index in [0.29, 0.717) is 23.0 Å². The molecule has 0 aliphatic rings. The molecule has 1 heterocycles. The summed E-state index contributed by atoms with van der Waals surface area (Å²) in [6.07, 6.45) is -0.163. The Morgan fingerprint density at radius 2 is 1.87 bits per heavy atom. The van der Waals surface area contributed by atoms with E-state index in [-0.39, 0.29) is 17.1 Å². The highest BCUT2D eigenvalue weighted by Crippen LogP contribution is 2.23. The Bertz CT molecular complexity index is 1220. The minimum atomic E-state index is -3.57. The summed E-state index contributed by atoms with van der Waals surface area (Å²) in [5, 5.41) is 0. The molecule has 0 N–H and O–H groups in total. The third-order valence-electron chi connectivity index (χ3n) is 4.91. The summed E-state index contributed by atoms with van der Waals surface area (Å²) in [5.41, 5.74) is 2.26. The zero-order valence-electron chi connectivity index (χ0n) is 17.6. The zero-order valence-corrected chi connectivity index (χ0v) is 19.2. The number of aromatic nitrogens is 1. The molecule has 3 rings (SSSR count). The van der Waals surface area contributed by atoms with Crippen molar-refractivity contribution in [2.75, 3.05) is 12.9 Å². The van der Waals surface area contributed by atoms with Crippen molar-refractivity contribution in [1.29, 1.82) is 0 Å². The lowest BCUT2D eigenvalue weighted by atomic mass is 10.0. The number of ether oxygens (including phenoxy) is 1. The number of carbonyl (C=O) groups excluding carboxylic acids is 1. The largest absolute Gasteiger partial charge is 0.497 e. The molecule has 0 spiro atoms. The van der Waals surface area contributed by atoms with Crippen molar-refractivity contribution < 1.29 is 17.9 Å². The van der Waals surface area contributed by atoms with Gasteiger partial charge in [-0.3, -0.25) is 4.79 Å². The molecule has 0 atom stereocenters. The molecule has 0 saturated heterocycles. The second kappa shape index (κ2) is 9.14. The fourth-order valence-corrected chi connectivity index (χ4v) is 5.51. The van der Waals surface area contributed by atoms with E-state index in [1.54, 1.807) is 12.1 Å². The molecule has 30 heavy (non-hydrogen) atoms. The molecule has 0 saturated carbocycles. The van der Waals surface area contributed by atoms with Crippen molar-refractivity contribution >= 4 is 37.3 Å². The lowest BCUT2D eigenvalue weighted by Gasteiger charge is -2.05. The number of thiazole rings is 1. The van der Waals surface area contributed by atoms with Crippen LogP contribution in [0.15, 0.2) is 52.4 Å². The molecule has 160 valence electrons. The predicted molar refractivity (Wildman–Crippen MR) is 120 cm³/mol. The number of hydrogen-bond acceptors (Lipinski definition) is 5. The summed E-state index contributed by atoms with van der Waals surface area (Å²) >= 11 is 1.45. The topological polar surface area (TPSA) is 77.7 Å². The quantitative estimate of drug-likeness (QED) is 0.546. The Labute approximate surface area is 180 Å². The maximum atomic E-state index is 12.5. The molecule has 0 unspecified atom stereocenters. The highest BCUT2D eigenvalue weighted by Gasteiger charge is 2.17. The van der Waals surface area contributed by atoms with Crippen LogP contribution in [0.25, 0.3) is 10.2 Å². The van der Waals surface area contributed by atoms with Crippen LogP contribution in [0.2, 0.25) is 0 Å². The van der Waals surface area contributed by atoms with Gasteiger partial charge in [0.15, 0.2) is 14.6 Å². The van der Waals surface area contributed by atoms with E-state index in [9.17, 15) is 13.2 Å². The molecule has 0 bridgehead atoms. The number of sulfone groups is 1. The summed E-state index contributed by atoms with van der Waals surface area (Å²) < 4.78 is 33.1.